The molecule has 130 valence electrons. The van der Waals surface area contributed by atoms with Gasteiger partial charge in [-0.15, -0.1) is 0 Å². The first-order valence-electron chi connectivity index (χ1n) is 7.86. The Hall–Kier alpha value is -2.47. The van der Waals surface area contributed by atoms with Crippen molar-refractivity contribution in [2.45, 2.75) is 24.7 Å². The molecule has 1 atom stereocenters. The Bertz CT molecular complexity index is 884. The van der Waals surface area contributed by atoms with Gasteiger partial charge < -0.3 is 9.84 Å². The number of carbonyl (C=O) groups is 2. The van der Waals surface area contributed by atoms with Gasteiger partial charge in [-0.2, -0.15) is 0 Å². The largest absolute Gasteiger partial charge is 0.492 e. The van der Waals surface area contributed by atoms with Gasteiger partial charge in [0.2, 0.25) is 0 Å². The highest BCUT2D eigenvalue weighted by atomic mass is 32.2. The summed E-state index contributed by atoms with van der Waals surface area (Å²) in [5.41, 5.74) is 3.03. The first kappa shape index (κ1) is 17.4. The highest BCUT2D eigenvalue weighted by Gasteiger charge is 2.26. The van der Waals surface area contributed by atoms with Gasteiger partial charge in [-0.3, -0.25) is 13.8 Å². The Morgan fingerprint density at radius 2 is 1.92 bits per heavy atom. The number of ether oxygens (including phenoxy) is 1. The summed E-state index contributed by atoms with van der Waals surface area (Å²) in [6, 6.07) is 8.45. The molecule has 1 unspecified atom stereocenters. The molecule has 0 aliphatic carbocycles. The lowest BCUT2D eigenvalue weighted by Gasteiger charge is -2.14. The van der Waals surface area contributed by atoms with Crippen molar-refractivity contribution in [1.29, 1.82) is 0 Å². The molecule has 1 heterocycles. The van der Waals surface area contributed by atoms with Crippen molar-refractivity contribution < 1.29 is 23.6 Å². The standard InChI is InChI=1S/C19H18O5S/c1-11-14(10-16(20)21)9-13-7-8-24-19(13)17(11)18(22)12-3-5-15(6-4-12)25(2)23/h3-6,9H,7-8,10H2,1-2H3,(H,20,21). The summed E-state index contributed by atoms with van der Waals surface area (Å²) >= 11 is 0. The minimum absolute atomic E-state index is 0.132. The first-order valence-corrected chi connectivity index (χ1v) is 9.42. The third-order valence-electron chi connectivity index (χ3n) is 4.36. The number of carbonyl (C=O) groups excluding carboxylic acids is 1. The molecule has 0 spiro atoms. The molecule has 1 aliphatic heterocycles. The zero-order valence-corrected chi connectivity index (χ0v) is 14.8. The van der Waals surface area contributed by atoms with E-state index in [1.165, 1.54) is 0 Å². The Kier molecular flexibility index (Phi) is 4.72. The van der Waals surface area contributed by atoms with Crippen molar-refractivity contribution >= 4 is 22.6 Å². The molecule has 1 N–H and O–H groups in total. The van der Waals surface area contributed by atoms with Gasteiger partial charge in [0.1, 0.15) is 5.75 Å². The number of carboxylic acid groups (broad SMARTS) is 1. The van der Waals surface area contributed by atoms with Crippen LogP contribution in [0.1, 0.15) is 32.6 Å². The normalized spacial score (nSPS) is 13.8. The van der Waals surface area contributed by atoms with Crippen LogP contribution < -0.4 is 4.74 Å². The fraction of sp³-hybridized carbons (Fsp3) is 0.263. The van der Waals surface area contributed by atoms with E-state index in [2.05, 4.69) is 0 Å². The van der Waals surface area contributed by atoms with Gasteiger partial charge in [-0.05, 0) is 47.9 Å². The Balaban J connectivity index is 2.09. The quantitative estimate of drug-likeness (QED) is 0.831. The zero-order chi connectivity index (χ0) is 18.1. The van der Waals surface area contributed by atoms with Crippen LogP contribution in [0.15, 0.2) is 35.2 Å². The van der Waals surface area contributed by atoms with E-state index in [1.807, 2.05) is 6.07 Å². The van der Waals surface area contributed by atoms with Crippen LogP contribution in [0.5, 0.6) is 5.75 Å². The maximum absolute atomic E-state index is 13.0. The van der Waals surface area contributed by atoms with Crippen molar-refractivity contribution in [1.82, 2.24) is 0 Å². The lowest BCUT2D eigenvalue weighted by Crippen LogP contribution is -2.11. The van der Waals surface area contributed by atoms with E-state index in [4.69, 9.17) is 9.84 Å². The van der Waals surface area contributed by atoms with Crippen LogP contribution >= 0.6 is 0 Å². The number of carboxylic acids is 1. The molecule has 25 heavy (non-hydrogen) atoms. The second-order valence-corrected chi connectivity index (χ2v) is 7.38. The predicted octanol–water partition coefficient (Wildman–Crippen LogP) is 2.53. The maximum Gasteiger partial charge on any atom is 0.307 e. The fourth-order valence-corrected chi connectivity index (χ4v) is 3.57. The van der Waals surface area contributed by atoms with Gasteiger partial charge in [0, 0.05) is 33.9 Å². The Morgan fingerprint density at radius 3 is 2.52 bits per heavy atom. The molecule has 0 bridgehead atoms. The molecule has 1 aliphatic rings. The van der Waals surface area contributed by atoms with Crippen molar-refractivity contribution in [3.05, 3.63) is 58.1 Å². The third kappa shape index (κ3) is 3.35. The van der Waals surface area contributed by atoms with Gasteiger partial charge in [0.05, 0.1) is 18.6 Å². The highest BCUT2D eigenvalue weighted by molar-refractivity contribution is 7.84. The summed E-state index contributed by atoms with van der Waals surface area (Å²) in [5, 5.41) is 9.12. The molecule has 6 heteroatoms. The van der Waals surface area contributed by atoms with Crippen LogP contribution in [0.3, 0.4) is 0 Å². The number of hydrogen-bond donors (Lipinski definition) is 1. The molecule has 0 amide bonds. The van der Waals surface area contributed by atoms with E-state index in [-0.39, 0.29) is 12.2 Å². The number of ketones is 1. The van der Waals surface area contributed by atoms with Crippen LogP contribution in [0.25, 0.3) is 0 Å². The molecule has 0 aromatic heterocycles. The van der Waals surface area contributed by atoms with Gasteiger partial charge in [-0.25, -0.2) is 0 Å². The molecule has 5 nitrogen and oxygen atoms in total. The summed E-state index contributed by atoms with van der Waals surface area (Å²) in [7, 11) is -1.11. The van der Waals surface area contributed by atoms with Crippen molar-refractivity contribution in [3.8, 4) is 5.75 Å². The van der Waals surface area contributed by atoms with E-state index in [9.17, 15) is 13.8 Å². The second-order valence-electron chi connectivity index (χ2n) is 6.00. The summed E-state index contributed by atoms with van der Waals surface area (Å²) < 4.78 is 17.2. The van der Waals surface area contributed by atoms with Gasteiger partial charge in [0.25, 0.3) is 0 Å². The topological polar surface area (TPSA) is 80.7 Å². The third-order valence-corrected chi connectivity index (χ3v) is 5.29. The maximum atomic E-state index is 13.0. The lowest BCUT2D eigenvalue weighted by atomic mass is 9.90. The monoisotopic (exact) mass is 358 g/mol. The average Bonchev–Trinajstić information content (AvgIpc) is 3.02. The Morgan fingerprint density at radius 1 is 1.24 bits per heavy atom. The minimum atomic E-state index is -1.11. The van der Waals surface area contributed by atoms with Crippen LogP contribution in [0.2, 0.25) is 0 Å². The Labute approximate surface area is 148 Å². The smallest absolute Gasteiger partial charge is 0.307 e. The van der Waals surface area contributed by atoms with Gasteiger partial charge in [-0.1, -0.05) is 6.07 Å². The number of benzene rings is 2. The van der Waals surface area contributed by atoms with E-state index in [1.54, 1.807) is 37.4 Å². The van der Waals surface area contributed by atoms with Crippen LogP contribution in [-0.4, -0.2) is 33.9 Å². The molecule has 3 rings (SSSR count). The molecule has 0 radical (unpaired) electrons. The average molecular weight is 358 g/mol. The van der Waals surface area contributed by atoms with Crippen molar-refractivity contribution in [2.24, 2.45) is 0 Å². The van der Waals surface area contributed by atoms with E-state index >= 15 is 0 Å². The highest BCUT2D eigenvalue weighted by Crippen LogP contribution is 2.36. The van der Waals surface area contributed by atoms with E-state index in [0.717, 1.165) is 5.56 Å². The summed E-state index contributed by atoms with van der Waals surface area (Å²) in [6.07, 6.45) is 2.11. The second kappa shape index (κ2) is 6.80. The predicted molar refractivity (Wildman–Crippen MR) is 93.9 cm³/mol. The SMILES string of the molecule is Cc1c(CC(=O)O)cc2c(c1C(=O)c1ccc(S(C)=O)cc1)OCC2. The number of rotatable bonds is 5. The van der Waals surface area contributed by atoms with Gasteiger partial charge in [0.15, 0.2) is 5.78 Å². The summed E-state index contributed by atoms with van der Waals surface area (Å²) in [4.78, 5) is 24.8. The minimum Gasteiger partial charge on any atom is -0.492 e. The van der Waals surface area contributed by atoms with Crippen LogP contribution in [-0.2, 0) is 28.4 Å². The van der Waals surface area contributed by atoms with E-state index in [0.29, 0.717) is 45.9 Å². The molecule has 0 fully saturated rings. The van der Waals surface area contributed by atoms with Crippen molar-refractivity contribution in [3.63, 3.8) is 0 Å². The number of fused-ring (bicyclic) bond motifs is 1. The summed E-state index contributed by atoms with van der Waals surface area (Å²) in [5.74, 6) is -0.591. The van der Waals surface area contributed by atoms with Crippen molar-refractivity contribution in [2.75, 3.05) is 12.9 Å². The summed E-state index contributed by atoms with van der Waals surface area (Å²) in [6.45, 7) is 2.24. The zero-order valence-electron chi connectivity index (χ0n) is 14.0. The van der Waals surface area contributed by atoms with Gasteiger partial charge >= 0.3 is 5.97 Å². The molecule has 2 aromatic carbocycles. The molecular weight excluding hydrogens is 340 g/mol. The van der Waals surface area contributed by atoms with Crippen LogP contribution in [0.4, 0.5) is 0 Å². The lowest BCUT2D eigenvalue weighted by molar-refractivity contribution is -0.136. The molecule has 0 saturated carbocycles. The molecule has 0 saturated heterocycles. The van der Waals surface area contributed by atoms with E-state index < -0.39 is 16.8 Å². The molecule has 2 aromatic rings. The number of aliphatic carboxylic acids is 1. The molecular formula is C19H18O5S. The number of hydrogen-bond acceptors (Lipinski definition) is 4. The fourth-order valence-electron chi connectivity index (χ4n) is 3.05. The first-order chi connectivity index (χ1) is 11.9. The van der Waals surface area contributed by atoms with Crippen LogP contribution in [0, 0.1) is 6.92 Å².